The van der Waals surface area contributed by atoms with E-state index in [0.717, 1.165) is 19.6 Å². The van der Waals surface area contributed by atoms with Gasteiger partial charge in [-0.25, -0.2) is 4.39 Å². The van der Waals surface area contributed by atoms with Crippen LogP contribution in [0.25, 0.3) is 0 Å². The van der Waals surface area contributed by atoms with Crippen LogP contribution in [0, 0.1) is 5.82 Å². The highest BCUT2D eigenvalue weighted by atomic mass is 79.9. The molecule has 120 valence electrons. The first-order valence-electron chi connectivity index (χ1n) is 7.49. The summed E-state index contributed by atoms with van der Waals surface area (Å²) in [4.78, 5) is 20.5. The molecule has 0 aliphatic carbocycles. The highest BCUT2D eigenvalue weighted by molar-refractivity contribution is 9.10. The lowest BCUT2D eigenvalue weighted by atomic mass is 10.1. The molecule has 1 aliphatic rings. The van der Waals surface area contributed by atoms with E-state index in [9.17, 15) is 9.18 Å². The molecule has 23 heavy (non-hydrogen) atoms. The standard InChI is InChI=1S/C17H17BrFN3O/c18-14-1-2-15(16(19)11-14)17(23)22-9-7-21(8-10-22)12-13-3-5-20-6-4-13/h1-6,11H,7-10,12H2. The highest BCUT2D eigenvalue weighted by Gasteiger charge is 2.24. The molecule has 0 N–H and O–H groups in total. The van der Waals surface area contributed by atoms with E-state index in [1.807, 2.05) is 12.1 Å². The van der Waals surface area contributed by atoms with Crippen molar-refractivity contribution >= 4 is 21.8 Å². The Kier molecular flexibility index (Phi) is 5.03. The van der Waals surface area contributed by atoms with Crippen molar-refractivity contribution in [2.45, 2.75) is 6.54 Å². The second-order valence-corrected chi connectivity index (χ2v) is 6.46. The minimum Gasteiger partial charge on any atom is -0.336 e. The maximum atomic E-state index is 13.9. The summed E-state index contributed by atoms with van der Waals surface area (Å²) in [6, 6.07) is 8.54. The van der Waals surface area contributed by atoms with Crippen LogP contribution >= 0.6 is 15.9 Å². The van der Waals surface area contributed by atoms with Crippen molar-refractivity contribution in [2.24, 2.45) is 0 Å². The second kappa shape index (κ2) is 7.19. The smallest absolute Gasteiger partial charge is 0.256 e. The lowest BCUT2D eigenvalue weighted by Crippen LogP contribution is -2.48. The maximum Gasteiger partial charge on any atom is 0.256 e. The first-order valence-corrected chi connectivity index (χ1v) is 8.28. The molecule has 0 radical (unpaired) electrons. The normalized spacial score (nSPS) is 15.7. The molecule has 0 bridgehead atoms. The first kappa shape index (κ1) is 16.1. The third kappa shape index (κ3) is 3.95. The van der Waals surface area contributed by atoms with Gasteiger partial charge in [0, 0.05) is 49.6 Å². The quantitative estimate of drug-likeness (QED) is 0.824. The number of carbonyl (C=O) groups is 1. The van der Waals surface area contributed by atoms with Crippen LogP contribution in [0.3, 0.4) is 0 Å². The zero-order chi connectivity index (χ0) is 16.2. The molecule has 2 heterocycles. The summed E-state index contributed by atoms with van der Waals surface area (Å²) in [7, 11) is 0. The van der Waals surface area contributed by atoms with Gasteiger partial charge in [-0.15, -0.1) is 0 Å². The van der Waals surface area contributed by atoms with Gasteiger partial charge < -0.3 is 4.90 Å². The number of aromatic nitrogens is 1. The second-order valence-electron chi connectivity index (χ2n) is 5.55. The van der Waals surface area contributed by atoms with Crippen molar-refractivity contribution in [3.05, 3.63) is 64.1 Å². The number of hydrogen-bond acceptors (Lipinski definition) is 3. The fourth-order valence-electron chi connectivity index (χ4n) is 2.69. The van der Waals surface area contributed by atoms with Gasteiger partial charge in [0.2, 0.25) is 0 Å². The number of nitrogens with zero attached hydrogens (tertiary/aromatic N) is 3. The van der Waals surface area contributed by atoms with Gasteiger partial charge in [-0.2, -0.15) is 0 Å². The van der Waals surface area contributed by atoms with Crippen molar-refractivity contribution in [2.75, 3.05) is 26.2 Å². The van der Waals surface area contributed by atoms with E-state index in [0.29, 0.717) is 17.6 Å². The summed E-state index contributed by atoms with van der Waals surface area (Å²) in [6.45, 7) is 3.63. The zero-order valence-electron chi connectivity index (χ0n) is 12.6. The van der Waals surface area contributed by atoms with Gasteiger partial charge in [-0.1, -0.05) is 15.9 Å². The zero-order valence-corrected chi connectivity index (χ0v) is 14.2. The minimum absolute atomic E-state index is 0.135. The van der Waals surface area contributed by atoms with Crippen molar-refractivity contribution < 1.29 is 9.18 Å². The number of benzene rings is 1. The number of amides is 1. The summed E-state index contributed by atoms with van der Waals surface area (Å²) >= 11 is 3.20. The molecule has 1 fully saturated rings. The third-order valence-electron chi connectivity index (χ3n) is 3.98. The summed E-state index contributed by atoms with van der Waals surface area (Å²) in [5.74, 6) is -0.720. The average molecular weight is 378 g/mol. The Hall–Kier alpha value is -1.79. The van der Waals surface area contributed by atoms with Gasteiger partial charge >= 0.3 is 0 Å². The van der Waals surface area contributed by atoms with E-state index < -0.39 is 5.82 Å². The van der Waals surface area contributed by atoms with Crippen LogP contribution in [0.2, 0.25) is 0 Å². The summed E-state index contributed by atoms with van der Waals surface area (Å²) < 4.78 is 14.6. The van der Waals surface area contributed by atoms with Gasteiger partial charge in [0.1, 0.15) is 5.82 Å². The molecule has 1 saturated heterocycles. The molecule has 6 heteroatoms. The van der Waals surface area contributed by atoms with E-state index >= 15 is 0 Å². The number of carbonyl (C=O) groups excluding carboxylic acids is 1. The summed E-state index contributed by atoms with van der Waals surface area (Å²) in [5.41, 5.74) is 1.34. The molecule has 1 aliphatic heterocycles. The van der Waals surface area contributed by atoms with Crippen LogP contribution in [-0.4, -0.2) is 46.9 Å². The Balaban J connectivity index is 1.59. The number of piperazine rings is 1. The molecule has 0 spiro atoms. The molecule has 0 saturated carbocycles. The van der Waals surface area contributed by atoms with Gasteiger partial charge in [-0.05, 0) is 35.9 Å². The SMILES string of the molecule is O=C(c1ccc(Br)cc1F)N1CCN(Cc2ccncc2)CC1. The Morgan fingerprint density at radius 2 is 1.83 bits per heavy atom. The van der Waals surface area contributed by atoms with Crippen LogP contribution in [0.5, 0.6) is 0 Å². The predicted molar refractivity (Wildman–Crippen MR) is 89.5 cm³/mol. The number of halogens is 2. The summed E-state index contributed by atoms with van der Waals surface area (Å²) in [6.07, 6.45) is 3.57. The molecule has 3 rings (SSSR count). The summed E-state index contributed by atoms with van der Waals surface area (Å²) in [5, 5.41) is 0. The van der Waals surface area contributed by atoms with Crippen LogP contribution in [0.4, 0.5) is 4.39 Å². The molecule has 0 unspecified atom stereocenters. The monoisotopic (exact) mass is 377 g/mol. The van der Waals surface area contributed by atoms with E-state index in [4.69, 9.17) is 0 Å². The lowest BCUT2D eigenvalue weighted by molar-refractivity contribution is 0.0624. The Labute approximate surface area is 143 Å². The molecule has 4 nitrogen and oxygen atoms in total. The van der Waals surface area contributed by atoms with Crippen molar-refractivity contribution in [3.63, 3.8) is 0 Å². The Morgan fingerprint density at radius 3 is 2.48 bits per heavy atom. The van der Waals surface area contributed by atoms with Crippen LogP contribution in [0.1, 0.15) is 15.9 Å². The molecule has 2 aromatic rings. The van der Waals surface area contributed by atoms with Gasteiger partial charge in [0.05, 0.1) is 5.56 Å². The fourth-order valence-corrected chi connectivity index (χ4v) is 3.02. The third-order valence-corrected chi connectivity index (χ3v) is 4.47. The maximum absolute atomic E-state index is 13.9. The first-order chi connectivity index (χ1) is 11.1. The highest BCUT2D eigenvalue weighted by Crippen LogP contribution is 2.18. The van der Waals surface area contributed by atoms with Gasteiger partial charge in [-0.3, -0.25) is 14.7 Å². The molecule has 1 aromatic carbocycles. The van der Waals surface area contributed by atoms with Crippen molar-refractivity contribution in [1.82, 2.24) is 14.8 Å². The largest absolute Gasteiger partial charge is 0.336 e. The average Bonchev–Trinajstić information content (AvgIpc) is 2.56. The Bertz CT molecular complexity index is 687. The van der Waals surface area contributed by atoms with Gasteiger partial charge in [0.15, 0.2) is 0 Å². The van der Waals surface area contributed by atoms with Crippen LogP contribution in [-0.2, 0) is 6.54 Å². The number of pyridine rings is 1. The predicted octanol–water partition coefficient (Wildman–Crippen LogP) is 2.94. The molecular weight excluding hydrogens is 361 g/mol. The van der Waals surface area contributed by atoms with Gasteiger partial charge in [0.25, 0.3) is 5.91 Å². The topological polar surface area (TPSA) is 36.4 Å². The Morgan fingerprint density at radius 1 is 1.13 bits per heavy atom. The van der Waals surface area contributed by atoms with Crippen molar-refractivity contribution in [3.8, 4) is 0 Å². The van der Waals surface area contributed by atoms with E-state index in [1.54, 1.807) is 23.4 Å². The minimum atomic E-state index is -0.483. The van der Waals surface area contributed by atoms with E-state index in [-0.39, 0.29) is 11.5 Å². The molecule has 1 amide bonds. The molecular formula is C17H17BrFN3O. The van der Waals surface area contributed by atoms with E-state index in [1.165, 1.54) is 17.7 Å². The van der Waals surface area contributed by atoms with Crippen LogP contribution in [0.15, 0.2) is 47.2 Å². The lowest BCUT2D eigenvalue weighted by Gasteiger charge is -2.34. The molecule has 1 aromatic heterocycles. The fraction of sp³-hybridized carbons (Fsp3) is 0.294. The number of hydrogen-bond donors (Lipinski definition) is 0. The van der Waals surface area contributed by atoms with Crippen LogP contribution < -0.4 is 0 Å². The van der Waals surface area contributed by atoms with E-state index in [2.05, 4.69) is 25.8 Å². The van der Waals surface area contributed by atoms with Crippen molar-refractivity contribution in [1.29, 1.82) is 0 Å². The number of rotatable bonds is 3. The molecule has 0 atom stereocenters.